The van der Waals surface area contributed by atoms with E-state index in [-0.39, 0.29) is 0 Å². The van der Waals surface area contributed by atoms with Crippen molar-refractivity contribution in [2.24, 2.45) is 0 Å². The van der Waals surface area contributed by atoms with Crippen molar-refractivity contribution in [2.45, 2.75) is 43.7 Å². The Morgan fingerprint density at radius 3 is 3.05 bits per heavy atom. The van der Waals surface area contributed by atoms with Gasteiger partial charge in [-0.3, -0.25) is 0 Å². The molecule has 0 spiro atoms. The highest BCUT2D eigenvalue weighted by molar-refractivity contribution is 9.10. The quantitative estimate of drug-likeness (QED) is 0.774. The standard InChI is InChI=1S/C15H22BrNOS/c1-3-17-11(2)14-9-12(16)6-7-15(14)19-10-13-5-4-8-18-13/h6-7,9,11,13,17H,3-5,8,10H2,1-2H3. The van der Waals surface area contributed by atoms with Crippen LogP contribution in [0.5, 0.6) is 0 Å². The maximum absolute atomic E-state index is 5.70. The smallest absolute Gasteiger partial charge is 0.0669 e. The van der Waals surface area contributed by atoms with Gasteiger partial charge in [-0.15, -0.1) is 11.8 Å². The van der Waals surface area contributed by atoms with E-state index in [1.807, 2.05) is 11.8 Å². The molecule has 2 atom stereocenters. The Morgan fingerprint density at radius 1 is 1.53 bits per heavy atom. The predicted molar refractivity (Wildman–Crippen MR) is 85.9 cm³/mol. The lowest BCUT2D eigenvalue weighted by Crippen LogP contribution is -2.18. The van der Waals surface area contributed by atoms with E-state index in [0.717, 1.165) is 23.4 Å². The molecule has 2 unspecified atom stereocenters. The summed E-state index contributed by atoms with van der Waals surface area (Å²) in [6.07, 6.45) is 2.87. The Balaban J connectivity index is 2.04. The highest BCUT2D eigenvalue weighted by Crippen LogP contribution is 2.32. The number of halogens is 1. The lowest BCUT2D eigenvalue weighted by Gasteiger charge is -2.18. The fraction of sp³-hybridized carbons (Fsp3) is 0.600. The Morgan fingerprint density at radius 2 is 2.37 bits per heavy atom. The van der Waals surface area contributed by atoms with Crippen LogP contribution >= 0.6 is 27.7 Å². The van der Waals surface area contributed by atoms with Crippen molar-refractivity contribution >= 4 is 27.7 Å². The second-order valence-corrected chi connectivity index (χ2v) is 6.89. The first-order valence-corrected chi connectivity index (χ1v) is 8.75. The Labute approximate surface area is 128 Å². The van der Waals surface area contributed by atoms with Gasteiger partial charge in [0.15, 0.2) is 0 Å². The molecule has 2 rings (SSSR count). The second-order valence-electron chi connectivity index (χ2n) is 4.91. The fourth-order valence-electron chi connectivity index (χ4n) is 2.36. The summed E-state index contributed by atoms with van der Waals surface area (Å²) in [6, 6.07) is 6.95. The molecule has 0 bridgehead atoms. The van der Waals surface area contributed by atoms with Gasteiger partial charge >= 0.3 is 0 Å². The van der Waals surface area contributed by atoms with E-state index in [9.17, 15) is 0 Å². The van der Waals surface area contributed by atoms with E-state index >= 15 is 0 Å². The summed E-state index contributed by atoms with van der Waals surface area (Å²) in [4.78, 5) is 1.37. The van der Waals surface area contributed by atoms with Gasteiger partial charge in [-0.1, -0.05) is 22.9 Å². The average Bonchev–Trinajstić information content (AvgIpc) is 2.90. The molecular weight excluding hydrogens is 322 g/mol. The van der Waals surface area contributed by atoms with Gasteiger partial charge in [0.1, 0.15) is 0 Å². The molecule has 0 amide bonds. The van der Waals surface area contributed by atoms with Crippen molar-refractivity contribution in [1.29, 1.82) is 0 Å². The summed E-state index contributed by atoms with van der Waals surface area (Å²) < 4.78 is 6.85. The van der Waals surface area contributed by atoms with Crippen LogP contribution in [0.15, 0.2) is 27.6 Å². The molecule has 1 N–H and O–H groups in total. The molecule has 106 valence electrons. The van der Waals surface area contributed by atoms with Gasteiger partial charge in [0, 0.05) is 27.8 Å². The van der Waals surface area contributed by atoms with Gasteiger partial charge in [-0.2, -0.15) is 0 Å². The van der Waals surface area contributed by atoms with E-state index in [0.29, 0.717) is 12.1 Å². The van der Waals surface area contributed by atoms with E-state index in [1.165, 1.54) is 23.3 Å². The van der Waals surface area contributed by atoms with Gasteiger partial charge in [0.05, 0.1) is 6.10 Å². The number of hydrogen-bond acceptors (Lipinski definition) is 3. The molecule has 1 aromatic rings. The molecule has 1 saturated heterocycles. The van der Waals surface area contributed by atoms with Crippen molar-refractivity contribution in [3.63, 3.8) is 0 Å². The van der Waals surface area contributed by atoms with Crippen LogP contribution in [0.3, 0.4) is 0 Å². The lowest BCUT2D eigenvalue weighted by molar-refractivity contribution is 0.129. The van der Waals surface area contributed by atoms with E-state index in [2.05, 4.69) is 53.3 Å². The SMILES string of the molecule is CCNC(C)c1cc(Br)ccc1SCC1CCCO1. The Kier molecular flexibility index (Phi) is 6.20. The van der Waals surface area contributed by atoms with Crippen LogP contribution in [0.2, 0.25) is 0 Å². The monoisotopic (exact) mass is 343 g/mol. The highest BCUT2D eigenvalue weighted by Gasteiger charge is 2.17. The van der Waals surface area contributed by atoms with Gasteiger partial charge in [0.25, 0.3) is 0 Å². The number of rotatable bonds is 6. The zero-order chi connectivity index (χ0) is 13.7. The fourth-order valence-corrected chi connectivity index (χ4v) is 3.94. The molecule has 19 heavy (non-hydrogen) atoms. The van der Waals surface area contributed by atoms with Crippen molar-refractivity contribution in [3.8, 4) is 0 Å². The van der Waals surface area contributed by atoms with Crippen LogP contribution in [0, 0.1) is 0 Å². The first-order valence-electron chi connectivity index (χ1n) is 6.98. The lowest BCUT2D eigenvalue weighted by atomic mass is 10.1. The molecule has 2 nitrogen and oxygen atoms in total. The minimum Gasteiger partial charge on any atom is -0.377 e. The molecule has 4 heteroatoms. The third kappa shape index (κ3) is 4.48. The maximum Gasteiger partial charge on any atom is 0.0669 e. The molecule has 0 aliphatic carbocycles. The number of benzene rings is 1. The van der Waals surface area contributed by atoms with Gasteiger partial charge in [-0.05, 0) is 50.1 Å². The number of nitrogens with one attached hydrogen (secondary N) is 1. The predicted octanol–water partition coefficient (Wildman–Crippen LogP) is 4.39. The molecule has 1 aromatic carbocycles. The average molecular weight is 344 g/mol. The summed E-state index contributed by atoms with van der Waals surface area (Å²) >= 11 is 5.49. The van der Waals surface area contributed by atoms with Crippen LogP contribution in [-0.2, 0) is 4.74 Å². The largest absolute Gasteiger partial charge is 0.377 e. The molecule has 0 radical (unpaired) electrons. The first kappa shape index (κ1) is 15.4. The number of hydrogen-bond donors (Lipinski definition) is 1. The van der Waals surface area contributed by atoms with Crippen LogP contribution < -0.4 is 5.32 Å². The summed E-state index contributed by atoms with van der Waals surface area (Å²) in [5.41, 5.74) is 1.37. The zero-order valence-electron chi connectivity index (χ0n) is 11.6. The molecule has 0 saturated carbocycles. The van der Waals surface area contributed by atoms with E-state index < -0.39 is 0 Å². The molecule has 1 aliphatic heterocycles. The van der Waals surface area contributed by atoms with E-state index in [1.54, 1.807) is 0 Å². The number of ether oxygens (including phenoxy) is 1. The van der Waals surface area contributed by atoms with Gasteiger partial charge < -0.3 is 10.1 Å². The summed E-state index contributed by atoms with van der Waals surface area (Å²) in [5, 5.41) is 3.49. The molecule has 1 fully saturated rings. The summed E-state index contributed by atoms with van der Waals surface area (Å²) in [5.74, 6) is 1.06. The van der Waals surface area contributed by atoms with Crippen LogP contribution in [-0.4, -0.2) is 25.0 Å². The topological polar surface area (TPSA) is 21.3 Å². The highest BCUT2D eigenvalue weighted by atomic mass is 79.9. The van der Waals surface area contributed by atoms with E-state index in [4.69, 9.17) is 4.74 Å². The number of thioether (sulfide) groups is 1. The maximum atomic E-state index is 5.70. The minimum absolute atomic E-state index is 0.384. The zero-order valence-corrected chi connectivity index (χ0v) is 14.0. The van der Waals surface area contributed by atoms with Crippen LogP contribution in [0.1, 0.15) is 38.3 Å². The van der Waals surface area contributed by atoms with Crippen LogP contribution in [0.4, 0.5) is 0 Å². The van der Waals surface area contributed by atoms with Gasteiger partial charge in [0.2, 0.25) is 0 Å². The Hall–Kier alpha value is -0.0300. The second kappa shape index (κ2) is 7.67. The third-order valence-electron chi connectivity index (χ3n) is 3.40. The minimum atomic E-state index is 0.384. The normalized spacial score (nSPS) is 20.7. The summed E-state index contributed by atoms with van der Waals surface area (Å²) in [7, 11) is 0. The molecular formula is C15H22BrNOS. The van der Waals surface area contributed by atoms with Crippen LogP contribution in [0.25, 0.3) is 0 Å². The van der Waals surface area contributed by atoms with Gasteiger partial charge in [-0.25, -0.2) is 0 Å². The molecule has 1 heterocycles. The van der Waals surface area contributed by atoms with Crippen molar-refractivity contribution in [1.82, 2.24) is 5.32 Å². The van der Waals surface area contributed by atoms with Crippen molar-refractivity contribution < 1.29 is 4.74 Å². The van der Waals surface area contributed by atoms with Crippen molar-refractivity contribution in [3.05, 3.63) is 28.2 Å². The van der Waals surface area contributed by atoms with Crippen molar-refractivity contribution in [2.75, 3.05) is 18.9 Å². The molecule has 1 aliphatic rings. The summed E-state index contributed by atoms with van der Waals surface area (Å²) in [6.45, 7) is 6.30. The Bertz CT molecular complexity index is 407. The molecule has 0 aromatic heterocycles. The first-order chi connectivity index (χ1) is 9.20. The third-order valence-corrected chi connectivity index (χ3v) is 5.11.